The molecule has 106 valence electrons. The maximum atomic E-state index is 10.9. The zero-order valence-corrected chi connectivity index (χ0v) is 12.8. The van der Waals surface area contributed by atoms with Gasteiger partial charge in [-0.05, 0) is 47.5 Å². The molecular formula is C14H10BrN3O3. The van der Waals surface area contributed by atoms with Gasteiger partial charge in [-0.3, -0.25) is 10.1 Å². The number of nitrogens with zero attached hydrogens (tertiary/aromatic N) is 3. The number of aromatic nitrogens is 1. The van der Waals surface area contributed by atoms with Gasteiger partial charge in [0.15, 0.2) is 5.75 Å². The summed E-state index contributed by atoms with van der Waals surface area (Å²) in [6.07, 6.45) is 0. The fourth-order valence-electron chi connectivity index (χ4n) is 1.84. The van der Waals surface area contributed by atoms with Crippen molar-refractivity contribution in [3.8, 4) is 17.7 Å². The summed E-state index contributed by atoms with van der Waals surface area (Å²) in [5.41, 5.74) is 1.62. The Balaban J connectivity index is 2.51. The van der Waals surface area contributed by atoms with Crippen molar-refractivity contribution in [2.24, 2.45) is 0 Å². The molecule has 0 aliphatic carbocycles. The summed E-state index contributed by atoms with van der Waals surface area (Å²) in [6.45, 7) is 3.56. The number of benzene rings is 1. The van der Waals surface area contributed by atoms with Gasteiger partial charge in [-0.2, -0.15) is 5.26 Å². The van der Waals surface area contributed by atoms with Crippen molar-refractivity contribution >= 4 is 21.6 Å². The molecule has 0 saturated heterocycles. The molecule has 0 N–H and O–H groups in total. The second kappa shape index (κ2) is 5.89. The van der Waals surface area contributed by atoms with Crippen LogP contribution in [0.15, 0.2) is 28.7 Å². The van der Waals surface area contributed by atoms with Crippen LogP contribution in [0.3, 0.4) is 0 Å². The predicted octanol–water partition coefficient (Wildman–Crippen LogP) is 4.03. The van der Waals surface area contributed by atoms with Crippen LogP contribution in [0.4, 0.5) is 5.69 Å². The fraction of sp³-hybridized carbons (Fsp3) is 0.143. The first-order chi connectivity index (χ1) is 9.93. The van der Waals surface area contributed by atoms with Gasteiger partial charge in [0, 0.05) is 11.8 Å². The number of pyridine rings is 1. The molecule has 0 radical (unpaired) electrons. The molecule has 21 heavy (non-hydrogen) atoms. The molecule has 2 rings (SSSR count). The highest BCUT2D eigenvalue weighted by Gasteiger charge is 2.18. The van der Waals surface area contributed by atoms with E-state index in [2.05, 4.69) is 20.9 Å². The highest BCUT2D eigenvalue weighted by molar-refractivity contribution is 9.10. The minimum atomic E-state index is -0.517. The first-order valence-corrected chi connectivity index (χ1v) is 6.72. The fourth-order valence-corrected chi connectivity index (χ4v) is 2.33. The van der Waals surface area contributed by atoms with Crippen LogP contribution in [0.5, 0.6) is 11.6 Å². The number of nitriles is 1. The highest BCUT2D eigenvalue weighted by atomic mass is 79.9. The van der Waals surface area contributed by atoms with Gasteiger partial charge in [0.2, 0.25) is 5.88 Å². The lowest BCUT2D eigenvalue weighted by molar-refractivity contribution is -0.385. The molecule has 1 aromatic heterocycles. The smallest absolute Gasteiger partial charge is 0.287 e. The van der Waals surface area contributed by atoms with Gasteiger partial charge in [-0.15, -0.1) is 0 Å². The van der Waals surface area contributed by atoms with Crippen molar-refractivity contribution in [1.29, 1.82) is 5.26 Å². The van der Waals surface area contributed by atoms with Crippen LogP contribution in [0.2, 0.25) is 0 Å². The first-order valence-electron chi connectivity index (χ1n) is 5.93. The summed E-state index contributed by atoms with van der Waals surface area (Å²) in [4.78, 5) is 14.6. The lowest BCUT2D eigenvalue weighted by Crippen LogP contribution is -1.98. The predicted molar refractivity (Wildman–Crippen MR) is 79.3 cm³/mol. The number of ether oxygens (including phenoxy) is 1. The molecule has 0 bridgehead atoms. The summed E-state index contributed by atoms with van der Waals surface area (Å²) in [7, 11) is 0. The third-order valence-electron chi connectivity index (χ3n) is 2.77. The van der Waals surface area contributed by atoms with Gasteiger partial charge in [-0.1, -0.05) is 6.07 Å². The maximum absolute atomic E-state index is 10.9. The van der Waals surface area contributed by atoms with Crippen LogP contribution in [0.25, 0.3) is 0 Å². The van der Waals surface area contributed by atoms with Crippen LogP contribution in [-0.2, 0) is 0 Å². The second-order valence-corrected chi connectivity index (χ2v) is 5.11. The number of aryl methyl sites for hydroxylation is 2. The maximum Gasteiger partial charge on any atom is 0.287 e. The molecule has 0 unspecified atom stereocenters. The van der Waals surface area contributed by atoms with E-state index in [0.29, 0.717) is 11.3 Å². The number of halogens is 1. The van der Waals surface area contributed by atoms with E-state index < -0.39 is 4.92 Å². The molecule has 0 amide bonds. The van der Waals surface area contributed by atoms with E-state index in [-0.39, 0.29) is 21.8 Å². The van der Waals surface area contributed by atoms with Gasteiger partial charge >= 0.3 is 0 Å². The Kier molecular flexibility index (Phi) is 4.19. The number of hydrogen-bond acceptors (Lipinski definition) is 5. The first kappa shape index (κ1) is 14.9. The van der Waals surface area contributed by atoms with E-state index in [9.17, 15) is 15.4 Å². The summed E-state index contributed by atoms with van der Waals surface area (Å²) in [5, 5.41) is 20.1. The molecule has 0 spiro atoms. The normalized spacial score (nSPS) is 10.0. The summed E-state index contributed by atoms with van der Waals surface area (Å²) in [6, 6.07) is 8.24. The Morgan fingerprint density at radius 3 is 2.76 bits per heavy atom. The van der Waals surface area contributed by atoms with E-state index in [0.717, 1.165) is 5.56 Å². The Labute approximate surface area is 129 Å². The molecule has 7 heteroatoms. The lowest BCUT2D eigenvalue weighted by atomic mass is 10.1. The molecule has 0 aliphatic rings. The Hall–Kier alpha value is -2.46. The monoisotopic (exact) mass is 347 g/mol. The number of hydrogen-bond donors (Lipinski definition) is 0. The quantitative estimate of drug-likeness (QED) is 0.617. The topological polar surface area (TPSA) is 89.0 Å². The average molecular weight is 348 g/mol. The van der Waals surface area contributed by atoms with Crippen LogP contribution in [0.1, 0.15) is 16.8 Å². The van der Waals surface area contributed by atoms with E-state index in [4.69, 9.17) is 4.74 Å². The average Bonchev–Trinajstić information content (AvgIpc) is 2.40. The number of nitro benzene ring substituents is 1. The van der Waals surface area contributed by atoms with Crippen LogP contribution in [0, 0.1) is 35.3 Å². The highest BCUT2D eigenvalue weighted by Crippen LogP contribution is 2.37. The standard InChI is InChI=1S/C14H10BrN3O3/c1-8-6-9(2)17-14(10(8)7-16)21-12-5-3-4-11(13(12)15)18(19)20/h3-6H,1-2H3. The van der Waals surface area contributed by atoms with Crippen molar-refractivity contribution < 1.29 is 9.66 Å². The van der Waals surface area contributed by atoms with E-state index in [1.54, 1.807) is 26.0 Å². The van der Waals surface area contributed by atoms with Gasteiger partial charge in [0.1, 0.15) is 16.1 Å². The molecule has 2 aromatic rings. The largest absolute Gasteiger partial charge is 0.436 e. The summed E-state index contributed by atoms with van der Waals surface area (Å²) in [5.74, 6) is 0.370. The van der Waals surface area contributed by atoms with E-state index in [1.807, 2.05) is 6.07 Å². The Morgan fingerprint density at radius 2 is 2.14 bits per heavy atom. The van der Waals surface area contributed by atoms with Crippen LogP contribution < -0.4 is 4.74 Å². The van der Waals surface area contributed by atoms with Crippen molar-refractivity contribution in [2.75, 3.05) is 0 Å². The third-order valence-corrected chi connectivity index (χ3v) is 3.57. The Bertz CT molecular complexity index is 769. The van der Waals surface area contributed by atoms with Crippen LogP contribution >= 0.6 is 15.9 Å². The molecule has 1 aromatic carbocycles. The Morgan fingerprint density at radius 1 is 1.43 bits per heavy atom. The molecule has 0 aliphatic heterocycles. The minimum Gasteiger partial charge on any atom is -0.436 e. The molecule has 0 atom stereocenters. The van der Waals surface area contributed by atoms with Gasteiger partial charge in [0.05, 0.1) is 4.92 Å². The number of nitro groups is 1. The lowest BCUT2D eigenvalue weighted by Gasteiger charge is -2.10. The molecule has 0 fully saturated rings. The van der Waals surface area contributed by atoms with Gasteiger partial charge in [-0.25, -0.2) is 4.98 Å². The molecule has 0 saturated carbocycles. The number of rotatable bonds is 3. The zero-order valence-electron chi connectivity index (χ0n) is 11.3. The molecular weight excluding hydrogens is 338 g/mol. The van der Waals surface area contributed by atoms with Crippen molar-refractivity contribution in [3.05, 3.63) is 55.7 Å². The van der Waals surface area contributed by atoms with Crippen LogP contribution in [-0.4, -0.2) is 9.91 Å². The van der Waals surface area contributed by atoms with Gasteiger partial charge < -0.3 is 4.74 Å². The summed E-state index contributed by atoms with van der Waals surface area (Å²) >= 11 is 3.15. The summed E-state index contributed by atoms with van der Waals surface area (Å²) < 4.78 is 5.81. The van der Waals surface area contributed by atoms with E-state index in [1.165, 1.54) is 12.1 Å². The van der Waals surface area contributed by atoms with Crippen molar-refractivity contribution in [1.82, 2.24) is 4.98 Å². The SMILES string of the molecule is Cc1cc(C)c(C#N)c(Oc2cccc([N+](=O)[O-])c2Br)n1. The van der Waals surface area contributed by atoms with E-state index >= 15 is 0 Å². The second-order valence-electron chi connectivity index (χ2n) is 4.32. The third kappa shape index (κ3) is 3.01. The van der Waals surface area contributed by atoms with Crippen molar-refractivity contribution in [3.63, 3.8) is 0 Å². The molecule has 6 nitrogen and oxygen atoms in total. The van der Waals surface area contributed by atoms with Gasteiger partial charge in [0.25, 0.3) is 5.69 Å². The zero-order chi connectivity index (χ0) is 15.6. The minimum absolute atomic E-state index is 0.115. The molecule has 1 heterocycles. The van der Waals surface area contributed by atoms with Crippen molar-refractivity contribution in [2.45, 2.75) is 13.8 Å².